The molecule has 2 unspecified atom stereocenters. The molecular weight excluding hydrogens is 152 g/mol. The second kappa shape index (κ2) is 3.75. The van der Waals surface area contributed by atoms with E-state index in [4.69, 9.17) is 4.74 Å². The quantitative estimate of drug-likeness (QED) is 0.606. The predicted molar refractivity (Wildman–Crippen MR) is 49.1 cm³/mol. The van der Waals surface area contributed by atoms with Crippen LogP contribution in [0.1, 0.15) is 46.5 Å². The van der Waals surface area contributed by atoms with E-state index in [1.54, 1.807) is 0 Å². The van der Waals surface area contributed by atoms with E-state index in [1.807, 2.05) is 20.8 Å². The minimum absolute atomic E-state index is 0.355. The van der Waals surface area contributed by atoms with Crippen molar-refractivity contribution in [1.29, 1.82) is 0 Å². The van der Waals surface area contributed by atoms with Crippen LogP contribution in [0.4, 0.5) is 0 Å². The maximum atomic E-state index is 9.68. The standard InChI is InChI=1S/C8H14O2.C2H6/c1-8(9)4-6-2-3-7(5-8)10-6;1-2/h6-7,9H,2-5H2,1H3;1-2H3. The van der Waals surface area contributed by atoms with E-state index in [-0.39, 0.29) is 0 Å². The lowest BCUT2D eigenvalue weighted by atomic mass is 9.93. The first-order chi connectivity index (χ1) is 5.66. The molecule has 2 nitrogen and oxygen atoms in total. The van der Waals surface area contributed by atoms with Crippen molar-refractivity contribution in [1.82, 2.24) is 0 Å². The van der Waals surface area contributed by atoms with Gasteiger partial charge in [0.2, 0.25) is 0 Å². The van der Waals surface area contributed by atoms with Crippen molar-refractivity contribution >= 4 is 0 Å². The SMILES string of the molecule is CC.CC1(O)CC2CCC(C1)O2. The topological polar surface area (TPSA) is 29.5 Å². The van der Waals surface area contributed by atoms with Crippen LogP contribution in [0, 0.1) is 0 Å². The van der Waals surface area contributed by atoms with Crippen LogP contribution in [-0.4, -0.2) is 22.9 Å². The highest BCUT2D eigenvalue weighted by molar-refractivity contribution is 4.91. The van der Waals surface area contributed by atoms with E-state index in [0.29, 0.717) is 12.2 Å². The molecule has 12 heavy (non-hydrogen) atoms. The molecule has 2 fully saturated rings. The van der Waals surface area contributed by atoms with Crippen LogP contribution in [0.5, 0.6) is 0 Å². The van der Waals surface area contributed by atoms with Gasteiger partial charge in [0.05, 0.1) is 17.8 Å². The van der Waals surface area contributed by atoms with Gasteiger partial charge in [-0.3, -0.25) is 0 Å². The largest absolute Gasteiger partial charge is 0.390 e. The van der Waals surface area contributed by atoms with Gasteiger partial charge in [-0.05, 0) is 19.8 Å². The molecule has 2 bridgehead atoms. The molecule has 2 rings (SSSR count). The normalized spacial score (nSPS) is 45.0. The van der Waals surface area contributed by atoms with Crippen LogP contribution in [0.2, 0.25) is 0 Å². The smallest absolute Gasteiger partial charge is 0.0669 e. The number of fused-ring (bicyclic) bond motifs is 2. The first kappa shape index (κ1) is 10.0. The summed E-state index contributed by atoms with van der Waals surface area (Å²) in [6.45, 7) is 5.92. The van der Waals surface area contributed by atoms with Crippen LogP contribution in [0.3, 0.4) is 0 Å². The van der Waals surface area contributed by atoms with Crippen molar-refractivity contribution in [3.05, 3.63) is 0 Å². The average molecular weight is 172 g/mol. The maximum absolute atomic E-state index is 9.68. The zero-order chi connectivity index (χ0) is 9.19. The number of ether oxygens (including phenoxy) is 1. The summed E-state index contributed by atoms with van der Waals surface area (Å²) in [5.74, 6) is 0. The molecule has 2 aliphatic heterocycles. The van der Waals surface area contributed by atoms with Crippen molar-refractivity contribution in [3.63, 3.8) is 0 Å². The fraction of sp³-hybridized carbons (Fsp3) is 1.00. The zero-order valence-corrected chi connectivity index (χ0v) is 8.34. The lowest BCUT2D eigenvalue weighted by Crippen LogP contribution is -2.38. The van der Waals surface area contributed by atoms with Crippen molar-refractivity contribution in [3.8, 4) is 0 Å². The van der Waals surface area contributed by atoms with Gasteiger partial charge in [0.15, 0.2) is 0 Å². The van der Waals surface area contributed by atoms with Gasteiger partial charge in [-0.1, -0.05) is 13.8 Å². The Bertz CT molecular complexity index is 129. The van der Waals surface area contributed by atoms with Gasteiger partial charge in [-0.2, -0.15) is 0 Å². The third-order valence-electron chi connectivity index (χ3n) is 2.53. The number of hydrogen-bond donors (Lipinski definition) is 1. The van der Waals surface area contributed by atoms with E-state index < -0.39 is 5.60 Å². The second-order valence-electron chi connectivity index (χ2n) is 3.86. The Morgan fingerprint density at radius 2 is 1.58 bits per heavy atom. The Balaban J connectivity index is 0.000000336. The highest BCUT2D eigenvalue weighted by Gasteiger charge is 2.40. The Morgan fingerprint density at radius 3 is 2.00 bits per heavy atom. The van der Waals surface area contributed by atoms with Gasteiger partial charge in [0.25, 0.3) is 0 Å². The van der Waals surface area contributed by atoms with E-state index in [9.17, 15) is 5.11 Å². The van der Waals surface area contributed by atoms with E-state index in [0.717, 1.165) is 25.7 Å². The van der Waals surface area contributed by atoms with Crippen LogP contribution in [-0.2, 0) is 4.74 Å². The first-order valence-electron chi connectivity index (χ1n) is 5.04. The van der Waals surface area contributed by atoms with Crippen LogP contribution >= 0.6 is 0 Å². The summed E-state index contributed by atoms with van der Waals surface area (Å²) >= 11 is 0. The minimum atomic E-state index is -0.440. The molecule has 0 aromatic heterocycles. The van der Waals surface area contributed by atoms with Crippen molar-refractivity contribution in [2.75, 3.05) is 0 Å². The summed E-state index contributed by atoms with van der Waals surface area (Å²) in [7, 11) is 0. The average Bonchev–Trinajstić information content (AvgIpc) is 2.33. The van der Waals surface area contributed by atoms with Crippen LogP contribution in [0.15, 0.2) is 0 Å². The molecule has 2 saturated heterocycles. The maximum Gasteiger partial charge on any atom is 0.0669 e. The molecule has 0 aliphatic carbocycles. The molecule has 0 spiro atoms. The summed E-state index contributed by atoms with van der Waals surface area (Å²) in [6, 6.07) is 0. The molecule has 2 heteroatoms. The van der Waals surface area contributed by atoms with Crippen LogP contribution in [0.25, 0.3) is 0 Å². The summed E-state index contributed by atoms with van der Waals surface area (Å²) in [5, 5.41) is 9.68. The van der Waals surface area contributed by atoms with Gasteiger partial charge in [0, 0.05) is 12.8 Å². The number of aliphatic hydroxyl groups is 1. The third kappa shape index (κ3) is 2.20. The van der Waals surface area contributed by atoms with Gasteiger partial charge < -0.3 is 9.84 Å². The molecule has 2 aliphatic rings. The molecule has 0 saturated carbocycles. The molecule has 0 radical (unpaired) electrons. The van der Waals surface area contributed by atoms with Crippen molar-refractivity contribution < 1.29 is 9.84 Å². The molecular formula is C10H20O2. The molecule has 0 aromatic rings. The van der Waals surface area contributed by atoms with Gasteiger partial charge in [0.1, 0.15) is 0 Å². The van der Waals surface area contributed by atoms with Gasteiger partial charge in [-0.15, -0.1) is 0 Å². The zero-order valence-electron chi connectivity index (χ0n) is 8.34. The predicted octanol–water partition coefficient (Wildman–Crippen LogP) is 2.10. The summed E-state index contributed by atoms with van der Waals surface area (Å²) in [5.41, 5.74) is -0.440. The highest BCUT2D eigenvalue weighted by Crippen LogP contribution is 2.37. The Hall–Kier alpha value is -0.0800. The van der Waals surface area contributed by atoms with Crippen molar-refractivity contribution in [2.45, 2.75) is 64.3 Å². The second-order valence-corrected chi connectivity index (χ2v) is 3.86. The number of hydrogen-bond acceptors (Lipinski definition) is 2. The van der Waals surface area contributed by atoms with E-state index >= 15 is 0 Å². The van der Waals surface area contributed by atoms with Gasteiger partial charge in [-0.25, -0.2) is 0 Å². The Kier molecular flexibility index (Phi) is 3.13. The molecule has 0 amide bonds. The lowest BCUT2D eigenvalue weighted by molar-refractivity contribution is -0.101. The van der Waals surface area contributed by atoms with E-state index in [1.165, 1.54) is 0 Å². The van der Waals surface area contributed by atoms with Crippen molar-refractivity contribution in [2.24, 2.45) is 0 Å². The third-order valence-corrected chi connectivity index (χ3v) is 2.53. The van der Waals surface area contributed by atoms with E-state index in [2.05, 4.69) is 0 Å². The monoisotopic (exact) mass is 172 g/mol. The molecule has 0 aromatic carbocycles. The first-order valence-corrected chi connectivity index (χ1v) is 5.04. The Morgan fingerprint density at radius 1 is 1.17 bits per heavy atom. The highest BCUT2D eigenvalue weighted by atomic mass is 16.5. The van der Waals surface area contributed by atoms with Gasteiger partial charge >= 0.3 is 0 Å². The summed E-state index contributed by atoms with van der Waals surface area (Å²) < 4.78 is 5.57. The molecule has 2 heterocycles. The fourth-order valence-corrected chi connectivity index (χ4v) is 2.14. The lowest BCUT2D eigenvalue weighted by Gasteiger charge is -2.33. The molecule has 1 N–H and O–H groups in total. The number of rotatable bonds is 0. The Labute approximate surface area is 74.9 Å². The minimum Gasteiger partial charge on any atom is -0.390 e. The molecule has 72 valence electrons. The summed E-state index contributed by atoms with van der Waals surface area (Å²) in [4.78, 5) is 0. The van der Waals surface area contributed by atoms with Crippen LogP contribution < -0.4 is 0 Å². The molecule has 2 atom stereocenters. The fourth-order valence-electron chi connectivity index (χ4n) is 2.14. The summed E-state index contributed by atoms with van der Waals surface area (Å²) in [6.07, 6.45) is 4.69.